The van der Waals surface area contributed by atoms with Gasteiger partial charge in [0.15, 0.2) is 0 Å². The second-order valence-electron chi connectivity index (χ2n) is 3.02. The zero-order valence-electron chi connectivity index (χ0n) is 9.49. The Labute approximate surface area is 108 Å². The zero-order chi connectivity index (χ0) is 15.3. The number of phenols is 1. The van der Waals surface area contributed by atoms with Crippen molar-refractivity contribution >= 4 is 23.9 Å². The van der Waals surface area contributed by atoms with Crippen LogP contribution in [0.5, 0.6) is 5.75 Å². The van der Waals surface area contributed by atoms with Crippen LogP contribution in [-0.2, 0) is 24.0 Å². The minimum absolute atomic E-state index is 0.449. The molecule has 9 nitrogen and oxygen atoms in total. The molecule has 0 spiro atoms. The van der Waals surface area contributed by atoms with Gasteiger partial charge in [0.25, 0.3) is 10.1 Å². The van der Waals surface area contributed by atoms with Crippen LogP contribution < -0.4 is 0 Å². The minimum Gasteiger partial charge on any atom is -0.506 e. The summed E-state index contributed by atoms with van der Waals surface area (Å²) in [5.41, 5.74) is 0. The average Bonchev–Trinajstić information content (AvgIpc) is 2.13. The fraction of sp³-hybridized carbons (Fsp3) is 0.125. The molecule has 0 fully saturated rings. The van der Waals surface area contributed by atoms with Crippen molar-refractivity contribution in [2.45, 2.75) is 11.8 Å². The molecule has 0 aliphatic heterocycles. The first kappa shape index (κ1) is 17.6. The highest BCUT2D eigenvalue weighted by Crippen LogP contribution is 2.35. The summed E-state index contributed by atoms with van der Waals surface area (Å²) < 4.78 is 42.5. The third kappa shape index (κ3) is 8.30. The summed E-state index contributed by atoms with van der Waals surface area (Å²) in [4.78, 5) is 25.0. The Balaban J connectivity index is 0.000000362. The Morgan fingerprint density at radius 2 is 1.74 bits per heavy atom. The van der Waals surface area contributed by atoms with E-state index in [1.54, 1.807) is 0 Å². The Morgan fingerprint density at radius 3 is 1.95 bits per heavy atom. The third-order valence-electron chi connectivity index (χ3n) is 1.39. The molecule has 0 radical (unpaired) electrons. The normalized spacial score (nSPS) is 11.2. The van der Waals surface area contributed by atoms with Crippen molar-refractivity contribution < 1.29 is 41.7 Å². The molecule has 19 heavy (non-hydrogen) atoms. The number of aromatic hydroxyl groups is 1. The number of phosphoric ester groups is 1. The van der Waals surface area contributed by atoms with E-state index in [9.17, 15) is 17.8 Å². The molecule has 108 valence electrons. The molecule has 0 aliphatic rings. The number of carbonyl (C=O) groups is 1. The fourth-order valence-corrected chi connectivity index (χ4v) is 1.76. The van der Waals surface area contributed by atoms with Crippen LogP contribution in [0.4, 0.5) is 0 Å². The lowest BCUT2D eigenvalue weighted by molar-refractivity contribution is -0.133. The molecule has 0 bridgehead atoms. The number of para-hydroxylation sites is 1. The highest BCUT2D eigenvalue weighted by Gasteiger charge is 2.16. The molecule has 0 saturated heterocycles. The van der Waals surface area contributed by atoms with Gasteiger partial charge in [0.2, 0.25) is 0 Å². The highest BCUT2D eigenvalue weighted by atomic mass is 32.2. The predicted octanol–water partition coefficient (Wildman–Crippen LogP) is 0.281. The first-order valence-electron chi connectivity index (χ1n) is 4.44. The van der Waals surface area contributed by atoms with Gasteiger partial charge in [0.05, 0.1) is 0 Å². The lowest BCUT2D eigenvalue weighted by Gasteiger charge is -1.98. The van der Waals surface area contributed by atoms with Gasteiger partial charge in [0.1, 0.15) is 10.6 Å². The molecule has 0 heterocycles. The summed E-state index contributed by atoms with van der Waals surface area (Å²) >= 11 is 0. The Hall–Kier alpha value is -1.45. The topological polar surface area (TPSA) is 158 Å². The quantitative estimate of drug-likeness (QED) is 0.444. The fourth-order valence-electron chi connectivity index (χ4n) is 0.843. The van der Waals surface area contributed by atoms with Gasteiger partial charge in [-0.25, -0.2) is 4.57 Å². The highest BCUT2D eigenvalue weighted by molar-refractivity contribution is 7.86. The van der Waals surface area contributed by atoms with Gasteiger partial charge in [-0.3, -0.25) is 19.1 Å². The van der Waals surface area contributed by atoms with Gasteiger partial charge in [-0.1, -0.05) is 12.1 Å². The van der Waals surface area contributed by atoms with E-state index in [0.717, 1.165) is 13.0 Å². The van der Waals surface area contributed by atoms with Crippen LogP contribution in [-0.4, -0.2) is 33.8 Å². The van der Waals surface area contributed by atoms with Gasteiger partial charge in [-0.15, -0.1) is 0 Å². The van der Waals surface area contributed by atoms with Crippen molar-refractivity contribution in [2.75, 3.05) is 0 Å². The standard InChI is InChI=1S/C6H6O4S.C2H5O5P/c7-5-3-1-2-4-6(5)11(8,9)10;1-2(3)7-8(4,5)6/h1-4,7H,(H,8,9,10);1H3,(H2,4,5,6). The molecule has 0 unspecified atom stereocenters. The lowest BCUT2D eigenvalue weighted by atomic mass is 10.3. The van der Waals surface area contributed by atoms with Crippen molar-refractivity contribution in [3.8, 4) is 5.75 Å². The van der Waals surface area contributed by atoms with Gasteiger partial charge < -0.3 is 9.63 Å². The first-order valence-corrected chi connectivity index (χ1v) is 7.41. The van der Waals surface area contributed by atoms with Crippen LogP contribution in [0.2, 0.25) is 0 Å². The van der Waals surface area contributed by atoms with Crippen molar-refractivity contribution in [2.24, 2.45) is 0 Å². The molecular formula is C8H11O9PS. The van der Waals surface area contributed by atoms with Gasteiger partial charge in [-0.05, 0) is 12.1 Å². The number of hydrogen-bond donors (Lipinski definition) is 4. The van der Waals surface area contributed by atoms with E-state index in [2.05, 4.69) is 4.52 Å². The second-order valence-corrected chi connectivity index (χ2v) is 5.57. The van der Waals surface area contributed by atoms with E-state index in [1.807, 2.05) is 0 Å². The van der Waals surface area contributed by atoms with Gasteiger partial charge in [-0.2, -0.15) is 8.42 Å². The van der Waals surface area contributed by atoms with E-state index in [1.165, 1.54) is 18.2 Å². The van der Waals surface area contributed by atoms with E-state index in [4.69, 9.17) is 19.4 Å². The van der Waals surface area contributed by atoms with E-state index >= 15 is 0 Å². The number of hydrogen-bond acceptors (Lipinski definition) is 6. The monoisotopic (exact) mass is 314 g/mol. The second kappa shape index (κ2) is 6.64. The van der Waals surface area contributed by atoms with Gasteiger partial charge >= 0.3 is 13.8 Å². The smallest absolute Gasteiger partial charge is 0.506 e. The molecule has 0 atom stereocenters. The van der Waals surface area contributed by atoms with Gasteiger partial charge in [0, 0.05) is 6.92 Å². The summed E-state index contributed by atoms with van der Waals surface area (Å²) in [6, 6.07) is 5.17. The summed E-state index contributed by atoms with van der Waals surface area (Å²) in [5.74, 6) is -1.44. The summed E-state index contributed by atoms with van der Waals surface area (Å²) in [6.07, 6.45) is 0. The Kier molecular flexibility index (Phi) is 6.13. The zero-order valence-corrected chi connectivity index (χ0v) is 11.2. The number of phenolic OH excluding ortho intramolecular Hbond substituents is 1. The molecule has 11 heteroatoms. The molecule has 0 amide bonds. The number of rotatable bonds is 2. The third-order valence-corrected chi connectivity index (χ3v) is 2.79. The number of benzene rings is 1. The first-order chi connectivity index (χ1) is 8.43. The van der Waals surface area contributed by atoms with E-state index in [-0.39, 0.29) is 0 Å². The maximum atomic E-state index is 10.4. The summed E-state index contributed by atoms with van der Waals surface area (Å²) in [7, 11) is -8.85. The van der Waals surface area contributed by atoms with Crippen LogP contribution in [0.3, 0.4) is 0 Å². The van der Waals surface area contributed by atoms with Crippen LogP contribution >= 0.6 is 7.82 Å². The molecule has 1 aromatic rings. The van der Waals surface area contributed by atoms with Crippen LogP contribution in [0.1, 0.15) is 6.92 Å². The van der Waals surface area contributed by atoms with E-state index < -0.39 is 34.6 Å². The molecule has 4 N–H and O–H groups in total. The van der Waals surface area contributed by atoms with Crippen LogP contribution in [0.25, 0.3) is 0 Å². The molecule has 1 rings (SSSR count). The summed E-state index contributed by atoms with van der Waals surface area (Å²) in [6.45, 7) is 0.916. The Morgan fingerprint density at radius 1 is 1.26 bits per heavy atom. The largest absolute Gasteiger partial charge is 0.526 e. The maximum Gasteiger partial charge on any atom is 0.526 e. The van der Waals surface area contributed by atoms with Crippen LogP contribution in [0, 0.1) is 0 Å². The molecular weight excluding hydrogens is 303 g/mol. The number of phosphoric acid groups is 1. The maximum absolute atomic E-state index is 10.4. The molecule has 0 aliphatic carbocycles. The molecule has 0 aromatic heterocycles. The van der Waals surface area contributed by atoms with Crippen LogP contribution in [0.15, 0.2) is 29.2 Å². The van der Waals surface area contributed by atoms with Crippen molar-refractivity contribution in [1.29, 1.82) is 0 Å². The molecule has 1 aromatic carbocycles. The van der Waals surface area contributed by atoms with Crippen molar-refractivity contribution in [3.63, 3.8) is 0 Å². The summed E-state index contributed by atoms with van der Waals surface area (Å²) in [5, 5.41) is 8.91. The lowest BCUT2D eigenvalue weighted by Crippen LogP contribution is -1.97. The Bertz CT molecular complexity index is 588. The minimum atomic E-state index is -4.57. The number of carbonyl (C=O) groups excluding carboxylic acids is 1. The predicted molar refractivity (Wildman–Crippen MR) is 61.7 cm³/mol. The molecule has 0 saturated carbocycles. The van der Waals surface area contributed by atoms with E-state index in [0.29, 0.717) is 0 Å². The van der Waals surface area contributed by atoms with Crippen molar-refractivity contribution in [1.82, 2.24) is 0 Å². The SMILES string of the molecule is CC(=O)OP(=O)(O)O.O=S(=O)(O)c1ccccc1O. The van der Waals surface area contributed by atoms with Crippen molar-refractivity contribution in [3.05, 3.63) is 24.3 Å². The average molecular weight is 314 g/mol.